The van der Waals surface area contributed by atoms with Gasteiger partial charge in [-0.05, 0) is 50.1 Å². The molecule has 0 N–H and O–H groups in total. The Morgan fingerprint density at radius 2 is 1.11 bits per heavy atom. The Morgan fingerprint density at radius 3 is 1.41 bits per heavy atom. The lowest BCUT2D eigenvalue weighted by Gasteiger charge is -2.36. The SMILES string of the molecule is CCOC(=O)CCC(C)(OO[Si](CC)(CC)CC)OO[Si](CC)(CC)CC. The Morgan fingerprint density at radius 1 is 0.741 bits per heavy atom. The Hall–Kier alpha value is -0.256. The second-order valence-corrected chi connectivity index (χ2v) is 16.6. The molecule has 0 unspecified atom stereocenters. The van der Waals surface area contributed by atoms with Gasteiger partial charge in [0.15, 0.2) is 0 Å². The summed E-state index contributed by atoms with van der Waals surface area (Å²) in [6, 6.07) is 5.79. The van der Waals surface area contributed by atoms with Gasteiger partial charge in [-0.25, -0.2) is 9.78 Å². The van der Waals surface area contributed by atoms with Crippen molar-refractivity contribution in [1.82, 2.24) is 0 Å². The van der Waals surface area contributed by atoms with Crippen molar-refractivity contribution in [2.75, 3.05) is 6.61 Å². The van der Waals surface area contributed by atoms with Crippen molar-refractivity contribution in [2.24, 2.45) is 0 Å². The zero-order valence-corrected chi connectivity index (χ0v) is 20.8. The maximum atomic E-state index is 11.8. The minimum absolute atomic E-state index is 0.189. The number of carbonyl (C=O) groups is 1. The largest absolute Gasteiger partial charge is 0.466 e. The first-order valence-corrected chi connectivity index (χ1v) is 15.7. The van der Waals surface area contributed by atoms with Gasteiger partial charge in [0, 0.05) is 6.42 Å². The van der Waals surface area contributed by atoms with Crippen LogP contribution in [0.3, 0.4) is 0 Å². The van der Waals surface area contributed by atoms with Gasteiger partial charge in [-0.15, -0.1) is 0 Å². The summed E-state index contributed by atoms with van der Waals surface area (Å²) in [6.45, 7) is 16.8. The first-order chi connectivity index (χ1) is 12.7. The summed E-state index contributed by atoms with van der Waals surface area (Å²) in [5.41, 5.74) is 0. The van der Waals surface area contributed by atoms with Crippen molar-refractivity contribution in [3.8, 4) is 0 Å². The van der Waals surface area contributed by atoms with E-state index >= 15 is 0 Å². The van der Waals surface area contributed by atoms with Gasteiger partial charge in [0.2, 0.25) is 22.4 Å². The van der Waals surface area contributed by atoms with Gasteiger partial charge in [-0.2, -0.15) is 0 Å². The molecule has 0 bridgehead atoms. The van der Waals surface area contributed by atoms with Crippen LogP contribution < -0.4 is 0 Å². The average molecular weight is 423 g/mol. The van der Waals surface area contributed by atoms with E-state index in [1.807, 2.05) is 0 Å². The molecule has 0 rings (SSSR count). The maximum Gasteiger partial charge on any atom is 0.305 e. The molecule has 0 heterocycles. The van der Waals surface area contributed by atoms with Crippen molar-refractivity contribution >= 4 is 22.6 Å². The Balaban J connectivity index is 5.21. The van der Waals surface area contributed by atoms with Crippen LogP contribution in [0.1, 0.15) is 68.2 Å². The van der Waals surface area contributed by atoms with Crippen molar-refractivity contribution in [2.45, 2.75) is 110 Å². The van der Waals surface area contributed by atoms with Crippen molar-refractivity contribution in [3.05, 3.63) is 0 Å². The van der Waals surface area contributed by atoms with Crippen molar-refractivity contribution in [1.29, 1.82) is 0 Å². The van der Waals surface area contributed by atoms with Crippen LogP contribution >= 0.6 is 0 Å². The van der Waals surface area contributed by atoms with Gasteiger partial charge in [0.1, 0.15) is 0 Å². The molecule has 0 aliphatic heterocycles. The third-order valence-electron chi connectivity index (χ3n) is 5.74. The Kier molecular flexibility index (Phi) is 12.9. The zero-order valence-electron chi connectivity index (χ0n) is 18.8. The minimum Gasteiger partial charge on any atom is -0.466 e. The van der Waals surface area contributed by atoms with Crippen LogP contribution in [0.2, 0.25) is 36.3 Å². The molecule has 0 amide bonds. The molecule has 0 aliphatic rings. The first kappa shape index (κ1) is 26.7. The van der Waals surface area contributed by atoms with E-state index in [4.69, 9.17) is 23.7 Å². The van der Waals surface area contributed by atoms with Gasteiger partial charge in [0.25, 0.3) is 0 Å². The predicted octanol–water partition coefficient (Wildman–Crippen LogP) is 5.95. The lowest BCUT2D eigenvalue weighted by Crippen LogP contribution is -2.45. The van der Waals surface area contributed by atoms with Crippen LogP contribution in [0.15, 0.2) is 0 Å². The molecule has 0 fully saturated rings. The van der Waals surface area contributed by atoms with E-state index in [0.29, 0.717) is 13.0 Å². The topological polar surface area (TPSA) is 63.2 Å². The van der Waals surface area contributed by atoms with E-state index in [2.05, 4.69) is 41.5 Å². The van der Waals surface area contributed by atoms with Crippen LogP contribution in [0.5, 0.6) is 0 Å². The highest BCUT2D eigenvalue weighted by Crippen LogP contribution is 2.31. The number of carbonyl (C=O) groups excluding carboxylic acids is 1. The average Bonchev–Trinajstić information content (AvgIpc) is 2.70. The van der Waals surface area contributed by atoms with Gasteiger partial charge < -0.3 is 4.74 Å². The summed E-state index contributed by atoms with van der Waals surface area (Å²) in [6.07, 6.45) is 0.504. The molecule has 6 nitrogen and oxygen atoms in total. The smallest absolute Gasteiger partial charge is 0.305 e. The summed E-state index contributed by atoms with van der Waals surface area (Å²) in [7, 11) is -3.92. The number of hydrogen-bond donors (Lipinski definition) is 0. The van der Waals surface area contributed by atoms with E-state index in [1.165, 1.54) is 0 Å². The highest BCUT2D eigenvalue weighted by atomic mass is 28.4. The number of hydrogen-bond acceptors (Lipinski definition) is 6. The minimum atomic E-state index is -1.96. The molecule has 0 aliphatic carbocycles. The van der Waals surface area contributed by atoms with E-state index in [0.717, 1.165) is 36.3 Å². The fourth-order valence-electron chi connectivity index (χ4n) is 2.87. The molecule has 27 heavy (non-hydrogen) atoms. The van der Waals surface area contributed by atoms with Crippen molar-refractivity contribution in [3.63, 3.8) is 0 Å². The molecule has 8 heteroatoms. The van der Waals surface area contributed by atoms with E-state index in [-0.39, 0.29) is 12.4 Å². The monoisotopic (exact) mass is 422 g/mol. The summed E-state index contributed by atoms with van der Waals surface area (Å²) in [4.78, 5) is 23.5. The van der Waals surface area contributed by atoms with Gasteiger partial charge in [-0.3, -0.25) is 13.9 Å². The number of esters is 1. The third-order valence-corrected chi connectivity index (χ3v) is 14.3. The standard InChI is InChI=1S/C19H42O6Si2/c1-9-21-18(20)16-17-19(8,22-24-26(10-2,11-3)12-4)23-25-27(13-5,14-6)15-7/h9-17H2,1-8H3. The maximum absolute atomic E-state index is 11.8. The fraction of sp³-hybridized carbons (Fsp3) is 0.947. The van der Waals surface area contributed by atoms with E-state index < -0.39 is 22.4 Å². The van der Waals surface area contributed by atoms with E-state index in [1.54, 1.807) is 13.8 Å². The predicted molar refractivity (Wildman–Crippen MR) is 113 cm³/mol. The van der Waals surface area contributed by atoms with Crippen LogP contribution in [0.4, 0.5) is 0 Å². The molecule has 0 radical (unpaired) electrons. The molecule has 162 valence electrons. The molecule has 0 atom stereocenters. The number of rotatable bonds is 16. The van der Waals surface area contributed by atoms with Crippen LogP contribution in [-0.4, -0.2) is 35.0 Å². The molecule has 0 spiro atoms. The van der Waals surface area contributed by atoms with Gasteiger partial charge in [0.05, 0.1) is 13.0 Å². The van der Waals surface area contributed by atoms with E-state index in [9.17, 15) is 4.79 Å². The second-order valence-electron chi connectivity index (χ2n) is 7.26. The molecular weight excluding hydrogens is 380 g/mol. The summed E-state index contributed by atoms with van der Waals surface area (Å²) < 4.78 is 17.0. The molecule has 0 saturated heterocycles. The molecule has 0 aromatic heterocycles. The third kappa shape index (κ3) is 8.74. The number of ether oxygens (including phenoxy) is 1. The molecule has 0 aromatic carbocycles. The molecule has 0 saturated carbocycles. The molecular formula is C19H42O6Si2. The zero-order chi connectivity index (χ0) is 21.0. The van der Waals surface area contributed by atoms with Gasteiger partial charge in [-0.1, -0.05) is 41.5 Å². The highest BCUT2D eigenvalue weighted by molar-refractivity contribution is 6.73. The van der Waals surface area contributed by atoms with Crippen LogP contribution in [0.25, 0.3) is 0 Å². The highest BCUT2D eigenvalue weighted by Gasteiger charge is 2.40. The Bertz CT molecular complexity index is 370. The Labute approximate surface area is 168 Å². The molecule has 0 aromatic rings. The second kappa shape index (κ2) is 13.1. The summed E-state index contributed by atoms with van der Waals surface area (Å²) in [5, 5.41) is 0. The lowest BCUT2D eigenvalue weighted by atomic mass is 10.2. The van der Waals surface area contributed by atoms with Crippen LogP contribution in [0, 0.1) is 0 Å². The fourth-order valence-corrected chi connectivity index (χ4v) is 7.28. The van der Waals surface area contributed by atoms with Gasteiger partial charge >= 0.3 is 5.97 Å². The summed E-state index contributed by atoms with van der Waals surface area (Å²) in [5.74, 6) is -1.41. The first-order valence-electron chi connectivity index (χ1n) is 10.6. The normalized spacial score (nSPS) is 13.0. The van der Waals surface area contributed by atoms with Crippen molar-refractivity contribution < 1.29 is 28.5 Å². The quantitative estimate of drug-likeness (QED) is 0.101. The lowest BCUT2D eigenvalue weighted by molar-refractivity contribution is -0.462. The van der Waals surface area contributed by atoms with Crippen LogP contribution in [-0.2, 0) is 28.5 Å². The summed E-state index contributed by atoms with van der Waals surface area (Å²) >= 11 is 0.